The molecule has 0 amide bonds. The Balaban J connectivity index is 2.47. The molecule has 0 saturated heterocycles. The third kappa shape index (κ3) is 3.67. The Hall–Kier alpha value is -0.830. The fourth-order valence-corrected chi connectivity index (χ4v) is 1.72. The molecule has 1 unspecified atom stereocenters. The number of aryl methyl sites for hydroxylation is 1. The van der Waals surface area contributed by atoms with Gasteiger partial charge in [0.05, 0.1) is 11.4 Å². The number of anilines is 2. The van der Waals surface area contributed by atoms with Gasteiger partial charge in [0.1, 0.15) is 0 Å². The van der Waals surface area contributed by atoms with Crippen LogP contribution in [0, 0.1) is 6.92 Å². The highest BCUT2D eigenvalue weighted by atomic mass is 32.2. The minimum atomic E-state index is 0.698. The number of benzene rings is 1. The van der Waals surface area contributed by atoms with E-state index in [2.05, 4.69) is 18.5 Å². The molecule has 15 heavy (non-hydrogen) atoms. The lowest BCUT2D eigenvalue weighted by molar-refractivity contribution is 0.854. The minimum absolute atomic E-state index is 0.698. The number of thioether (sulfide) groups is 1. The third-order valence-electron chi connectivity index (χ3n) is 2.59. The van der Waals surface area contributed by atoms with Gasteiger partial charge >= 0.3 is 0 Å². The van der Waals surface area contributed by atoms with Gasteiger partial charge in [0.2, 0.25) is 0 Å². The van der Waals surface area contributed by atoms with Crippen molar-refractivity contribution >= 4 is 23.1 Å². The summed E-state index contributed by atoms with van der Waals surface area (Å²) in [5.74, 6) is 0. The van der Waals surface area contributed by atoms with Gasteiger partial charge in [-0.1, -0.05) is 19.1 Å². The number of hydrogen-bond acceptors (Lipinski definition) is 3. The first-order valence-corrected chi connectivity index (χ1v) is 6.55. The zero-order valence-corrected chi connectivity index (χ0v) is 10.5. The molecule has 1 atom stereocenters. The standard InChI is InChI=1S/C12H20N2S/c1-9-5-4-6-11(12(9)13)14-8-7-10(2)15-3/h4-6,10,14H,7-8,13H2,1-3H3. The van der Waals surface area contributed by atoms with Gasteiger partial charge in [-0.25, -0.2) is 0 Å². The van der Waals surface area contributed by atoms with E-state index in [1.54, 1.807) is 0 Å². The van der Waals surface area contributed by atoms with E-state index in [-0.39, 0.29) is 0 Å². The number of para-hydroxylation sites is 1. The number of nitrogens with two attached hydrogens (primary N) is 1. The molecule has 2 nitrogen and oxygen atoms in total. The van der Waals surface area contributed by atoms with E-state index >= 15 is 0 Å². The zero-order chi connectivity index (χ0) is 11.3. The molecule has 0 bridgehead atoms. The van der Waals surface area contributed by atoms with Crippen molar-refractivity contribution in [2.45, 2.75) is 25.5 Å². The highest BCUT2D eigenvalue weighted by Gasteiger charge is 2.02. The van der Waals surface area contributed by atoms with Crippen LogP contribution >= 0.6 is 11.8 Å². The first-order chi connectivity index (χ1) is 7.15. The SMILES string of the molecule is CSC(C)CCNc1cccc(C)c1N. The van der Waals surface area contributed by atoms with Crippen LogP contribution in [0.3, 0.4) is 0 Å². The number of rotatable bonds is 5. The fourth-order valence-electron chi connectivity index (χ4n) is 1.36. The molecular weight excluding hydrogens is 204 g/mol. The van der Waals surface area contributed by atoms with Gasteiger partial charge in [-0.3, -0.25) is 0 Å². The van der Waals surface area contributed by atoms with Crippen LogP contribution < -0.4 is 11.1 Å². The van der Waals surface area contributed by atoms with Crippen LogP contribution in [0.15, 0.2) is 18.2 Å². The van der Waals surface area contributed by atoms with Crippen molar-refractivity contribution in [3.05, 3.63) is 23.8 Å². The molecule has 3 heteroatoms. The Kier molecular flexibility index (Phi) is 4.82. The van der Waals surface area contributed by atoms with Gasteiger partial charge in [0, 0.05) is 11.8 Å². The molecule has 1 aromatic carbocycles. The predicted molar refractivity (Wildman–Crippen MR) is 71.7 cm³/mol. The van der Waals surface area contributed by atoms with E-state index in [1.165, 1.54) is 0 Å². The van der Waals surface area contributed by atoms with Gasteiger partial charge in [-0.15, -0.1) is 0 Å². The van der Waals surface area contributed by atoms with Gasteiger partial charge in [-0.05, 0) is 31.2 Å². The van der Waals surface area contributed by atoms with E-state index in [1.807, 2.05) is 36.9 Å². The van der Waals surface area contributed by atoms with Crippen LogP contribution in [0.2, 0.25) is 0 Å². The monoisotopic (exact) mass is 224 g/mol. The van der Waals surface area contributed by atoms with E-state index in [0.717, 1.165) is 29.9 Å². The lowest BCUT2D eigenvalue weighted by Gasteiger charge is -2.13. The molecule has 0 fully saturated rings. The van der Waals surface area contributed by atoms with E-state index in [0.29, 0.717) is 5.25 Å². The van der Waals surface area contributed by atoms with E-state index in [4.69, 9.17) is 5.73 Å². The van der Waals surface area contributed by atoms with Gasteiger partial charge in [0.15, 0.2) is 0 Å². The molecule has 0 saturated carbocycles. The van der Waals surface area contributed by atoms with E-state index in [9.17, 15) is 0 Å². The Labute approximate surface area is 96.6 Å². The van der Waals surface area contributed by atoms with Crippen molar-refractivity contribution in [1.82, 2.24) is 0 Å². The summed E-state index contributed by atoms with van der Waals surface area (Å²) in [6.07, 6.45) is 3.31. The summed E-state index contributed by atoms with van der Waals surface area (Å²) < 4.78 is 0. The van der Waals surface area contributed by atoms with Crippen molar-refractivity contribution in [3.8, 4) is 0 Å². The van der Waals surface area contributed by atoms with Crippen molar-refractivity contribution in [2.75, 3.05) is 23.9 Å². The third-order valence-corrected chi connectivity index (χ3v) is 3.63. The minimum Gasteiger partial charge on any atom is -0.397 e. The van der Waals surface area contributed by atoms with Crippen LogP contribution in [0.4, 0.5) is 11.4 Å². The molecule has 0 aromatic heterocycles. The first-order valence-electron chi connectivity index (χ1n) is 5.27. The maximum absolute atomic E-state index is 5.96. The largest absolute Gasteiger partial charge is 0.397 e. The van der Waals surface area contributed by atoms with Gasteiger partial charge < -0.3 is 11.1 Å². The maximum Gasteiger partial charge on any atom is 0.0579 e. The Morgan fingerprint density at radius 3 is 2.87 bits per heavy atom. The second-order valence-electron chi connectivity index (χ2n) is 3.80. The maximum atomic E-state index is 5.96. The number of nitrogen functional groups attached to an aromatic ring is 1. The van der Waals surface area contributed by atoms with Crippen molar-refractivity contribution in [3.63, 3.8) is 0 Å². The summed E-state index contributed by atoms with van der Waals surface area (Å²) in [5.41, 5.74) is 9.03. The average Bonchev–Trinajstić information content (AvgIpc) is 2.24. The molecule has 0 spiro atoms. The molecule has 0 aliphatic heterocycles. The normalized spacial score (nSPS) is 12.5. The Bertz CT molecular complexity index is 312. The summed E-state index contributed by atoms with van der Waals surface area (Å²) in [4.78, 5) is 0. The topological polar surface area (TPSA) is 38.0 Å². The summed E-state index contributed by atoms with van der Waals surface area (Å²) >= 11 is 1.90. The Morgan fingerprint density at radius 1 is 1.47 bits per heavy atom. The predicted octanol–water partition coefficient (Wildman–Crippen LogP) is 3.13. The summed E-state index contributed by atoms with van der Waals surface area (Å²) in [6, 6.07) is 6.10. The van der Waals surface area contributed by atoms with E-state index < -0.39 is 0 Å². The first kappa shape index (κ1) is 12.2. The van der Waals surface area contributed by atoms with Crippen LogP contribution in [0.5, 0.6) is 0 Å². The molecular formula is C12H20N2S. The Morgan fingerprint density at radius 2 is 2.20 bits per heavy atom. The summed E-state index contributed by atoms with van der Waals surface area (Å²) in [7, 11) is 0. The van der Waals surface area contributed by atoms with Crippen molar-refractivity contribution in [2.24, 2.45) is 0 Å². The zero-order valence-electron chi connectivity index (χ0n) is 9.71. The second kappa shape index (κ2) is 5.91. The molecule has 0 aliphatic carbocycles. The molecule has 0 radical (unpaired) electrons. The van der Waals surface area contributed by atoms with Crippen molar-refractivity contribution in [1.29, 1.82) is 0 Å². The highest BCUT2D eigenvalue weighted by molar-refractivity contribution is 7.99. The molecule has 0 aliphatic rings. The molecule has 1 rings (SSSR count). The van der Waals surface area contributed by atoms with Gasteiger partial charge in [0.25, 0.3) is 0 Å². The van der Waals surface area contributed by atoms with Crippen LogP contribution in [-0.4, -0.2) is 18.1 Å². The van der Waals surface area contributed by atoms with Crippen LogP contribution in [-0.2, 0) is 0 Å². The van der Waals surface area contributed by atoms with Crippen LogP contribution in [0.1, 0.15) is 18.9 Å². The molecule has 1 aromatic rings. The fraction of sp³-hybridized carbons (Fsp3) is 0.500. The lowest BCUT2D eigenvalue weighted by atomic mass is 10.1. The number of nitrogens with one attached hydrogen (secondary N) is 1. The highest BCUT2D eigenvalue weighted by Crippen LogP contribution is 2.22. The number of hydrogen-bond donors (Lipinski definition) is 2. The average molecular weight is 224 g/mol. The van der Waals surface area contributed by atoms with Gasteiger partial charge in [-0.2, -0.15) is 11.8 Å². The molecule has 3 N–H and O–H groups in total. The second-order valence-corrected chi connectivity index (χ2v) is 5.07. The lowest BCUT2D eigenvalue weighted by Crippen LogP contribution is -2.09. The van der Waals surface area contributed by atoms with Crippen LogP contribution in [0.25, 0.3) is 0 Å². The molecule has 84 valence electrons. The summed E-state index contributed by atoms with van der Waals surface area (Å²) in [6.45, 7) is 5.26. The summed E-state index contributed by atoms with van der Waals surface area (Å²) in [5, 5.41) is 4.08. The smallest absolute Gasteiger partial charge is 0.0579 e. The van der Waals surface area contributed by atoms with Crippen molar-refractivity contribution < 1.29 is 0 Å². The molecule has 0 heterocycles. The quantitative estimate of drug-likeness (QED) is 0.755.